The van der Waals surface area contributed by atoms with Crippen LogP contribution in [0.1, 0.15) is 26.7 Å². The van der Waals surface area contributed by atoms with Crippen LogP contribution in [0.2, 0.25) is 0 Å². The molecule has 0 aliphatic carbocycles. The van der Waals surface area contributed by atoms with Crippen molar-refractivity contribution in [3.05, 3.63) is 0 Å². The highest BCUT2D eigenvalue weighted by Crippen LogP contribution is 2.28. The second kappa shape index (κ2) is 4.71. The Morgan fingerprint density at radius 2 is 1.89 bits per heavy atom. The van der Waals surface area contributed by atoms with Gasteiger partial charge in [-0.05, 0) is 26.7 Å². The van der Waals surface area contributed by atoms with Crippen molar-refractivity contribution >= 4 is 18.0 Å². The summed E-state index contributed by atoms with van der Waals surface area (Å²) in [6.07, 6.45) is 0.931. The van der Waals surface area contributed by atoms with E-state index in [9.17, 15) is 14.4 Å². The smallest absolute Gasteiger partial charge is 0.324 e. The summed E-state index contributed by atoms with van der Waals surface area (Å²) >= 11 is 0. The van der Waals surface area contributed by atoms with Crippen LogP contribution in [0.15, 0.2) is 0 Å². The van der Waals surface area contributed by atoms with Gasteiger partial charge in [0, 0.05) is 26.2 Å². The molecule has 2 heterocycles. The number of urea groups is 2. The third kappa shape index (κ3) is 2.36. The number of piperidine rings is 1. The number of rotatable bonds is 1. The predicted molar refractivity (Wildman–Crippen MR) is 68.5 cm³/mol. The first kappa shape index (κ1) is 13.6. The Labute approximate surface area is 112 Å². The SMILES string of the molecule is CC(C)NC(=O)N1CCC2(CC1)NC(=O)N(C)C2=O. The largest absolute Gasteiger partial charge is 0.336 e. The highest BCUT2D eigenvalue weighted by Gasteiger charge is 2.51. The molecular weight excluding hydrogens is 248 g/mol. The first-order valence-electron chi connectivity index (χ1n) is 6.51. The molecule has 2 rings (SSSR count). The van der Waals surface area contributed by atoms with E-state index in [1.165, 1.54) is 7.05 Å². The number of carbonyl (C=O) groups is 3. The molecule has 1 spiro atoms. The van der Waals surface area contributed by atoms with E-state index in [4.69, 9.17) is 0 Å². The van der Waals surface area contributed by atoms with Gasteiger partial charge in [0.1, 0.15) is 5.54 Å². The second-order valence-corrected chi connectivity index (χ2v) is 5.47. The van der Waals surface area contributed by atoms with Crippen molar-refractivity contribution in [1.29, 1.82) is 0 Å². The first-order valence-corrected chi connectivity index (χ1v) is 6.51. The van der Waals surface area contributed by atoms with Crippen LogP contribution >= 0.6 is 0 Å². The molecule has 0 bridgehead atoms. The molecule has 2 N–H and O–H groups in total. The van der Waals surface area contributed by atoms with Crippen molar-refractivity contribution in [3.8, 4) is 0 Å². The fourth-order valence-corrected chi connectivity index (χ4v) is 2.52. The minimum atomic E-state index is -0.805. The van der Waals surface area contributed by atoms with Crippen LogP contribution in [0.3, 0.4) is 0 Å². The van der Waals surface area contributed by atoms with Crippen molar-refractivity contribution in [2.45, 2.75) is 38.3 Å². The van der Waals surface area contributed by atoms with Gasteiger partial charge in [-0.3, -0.25) is 9.69 Å². The zero-order valence-corrected chi connectivity index (χ0v) is 11.5. The molecule has 0 aromatic carbocycles. The molecule has 0 atom stereocenters. The Bertz CT molecular complexity index is 413. The number of amides is 5. The number of imide groups is 1. The van der Waals surface area contributed by atoms with E-state index in [0.29, 0.717) is 25.9 Å². The molecule has 7 nitrogen and oxygen atoms in total. The van der Waals surface area contributed by atoms with Gasteiger partial charge in [0.15, 0.2) is 0 Å². The molecule has 7 heteroatoms. The van der Waals surface area contributed by atoms with Gasteiger partial charge in [0.05, 0.1) is 0 Å². The maximum Gasteiger partial charge on any atom is 0.324 e. The van der Waals surface area contributed by atoms with Crippen LogP contribution in [-0.2, 0) is 4.79 Å². The van der Waals surface area contributed by atoms with E-state index in [0.717, 1.165) is 4.90 Å². The lowest BCUT2D eigenvalue weighted by Crippen LogP contribution is -2.57. The number of nitrogens with one attached hydrogen (secondary N) is 2. The van der Waals surface area contributed by atoms with Gasteiger partial charge in [0.25, 0.3) is 5.91 Å². The fraction of sp³-hybridized carbons (Fsp3) is 0.750. The Morgan fingerprint density at radius 3 is 2.32 bits per heavy atom. The van der Waals surface area contributed by atoms with Gasteiger partial charge in [-0.2, -0.15) is 0 Å². The maximum atomic E-state index is 12.1. The molecule has 5 amide bonds. The molecule has 0 radical (unpaired) electrons. The fourth-order valence-electron chi connectivity index (χ4n) is 2.52. The van der Waals surface area contributed by atoms with Crippen molar-refractivity contribution in [3.63, 3.8) is 0 Å². The second-order valence-electron chi connectivity index (χ2n) is 5.47. The Morgan fingerprint density at radius 1 is 1.32 bits per heavy atom. The lowest BCUT2D eigenvalue weighted by molar-refractivity contribution is -0.131. The average molecular weight is 268 g/mol. The van der Waals surface area contributed by atoms with Crippen LogP contribution in [-0.4, -0.2) is 59.5 Å². The summed E-state index contributed by atoms with van der Waals surface area (Å²) in [5.74, 6) is -0.193. The first-order chi connectivity index (χ1) is 8.85. The van der Waals surface area contributed by atoms with Crippen molar-refractivity contribution in [2.24, 2.45) is 0 Å². The van der Waals surface area contributed by atoms with Gasteiger partial charge < -0.3 is 15.5 Å². The molecule has 0 aromatic rings. The van der Waals surface area contributed by atoms with Gasteiger partial charge in [-0.1, -0.05) is 0 Å². The van der Waals surface area contributed by atoms with E-state index in [1.807, 2.05) is 13.8 Å². The Hall–Kier alpha value is -1.79. The standard InChI is InChI=1S/C12H20N4O3/c1-8(2)13-10(18)16-6-4-12(5-7-16)9(17)15(3)11(19)14-12/h8H,4-7H2,1-3H3,(H,13,18)(H,14,19). The van der Waals surface area contributed by atoms with E-state index >= 15 is 0 Å². The summed E-state index contributed by atoms with van der Waals surface area (Å²) in [6.45, 7) is 4.74. The van der Waals surface area contributed by atoms with Gasteiger partial charge in [-0.15, -0.1) is 0 Å². The minimum absolute atomic E-state index is 0.0855. The number of carbonyl (C=O) groups excluding carboxylic acids is 3. The summed E-state index contributed by atoms with van der Waals surface area (Å²) in [5.41, 5.74) is -0.805. The quantitative estimate of drug-likeness (QED) is 0.663. The summed E-state index contributed by atoms with van der Waals surface area (Å²) < 4.78 is 0. The summed E-state index contributed by atoms with van der Waals surface area (Å²) in [4.78, 5) is 38.2. The lowest BCUT2D eigenvalue weighted by Gasteiger charge is -2.37. The van der Waals surface area contributed by atoms with Crippen LogP contribution in [0.5, 0.6) is 0 Å². The van der Waals surface area contributed by atoms with Crippen LogP contribution < -0.4 is 10.6 Å². The number of hydrogen-bond acceptors (Lipinski definition) is 3. The normalized spacial score (nSPS) is 22.1. The molecule has 2 saturated heterocycles. The van der Waals surface area contributed by atoms with Crippen molar-refractivity contribution in [1.82, 2.24) is 20.4 Å². The number of likely N-dealkylation sites (N-methyl/N-ethyl adjacent to an activating group) is 1. The highest BCUT2D eigenvalue weighted by molar-refractivity contribution is 6.06. The topological polar surface area (TPSA) is 81.8 Å². The maximum absolute atomic E-state index is 12.1. The van der Waals surface area contributed by atoms with Crippen LogP contribution in [0.4, 0.5) is 9.59 Å². The number of nitrogens with zero attached hydrogens (tertiary/aromatic N) is 2. The Balaban J connectivity index is 1.98. The number of likely N-dealkylation sites (tertiary alicyclic amines) is 1. The third-order valence-corrected chi connectivity index (χ3v) is 3.68. The van der Waals surface area contributed by atoms with E-state index < -0.39 is 5.54 Å². The minimum Gasteiger partial charge on any atom is -0.336 e. The average Bonchev–Trinajstić information content (AvgIpc) is 2.54. The number of hydrogen-bond donors (Lipinski definition) is 2. The zero-order valence-electron chi connectivity index (χ0n) is 11.5. The molecule has 2 fully saturated rings. The highest BCUT2D eigenvalue weighted by atomic mass is 16.2. The van der Waals surface area contributed by atoms with Crippen molar-refractivity contribution < 1.29 is 14.4 Å². The molecule has 0 saturated carbocycles. The predicted octanol–water partition coefficient (Wildman–Crippen LogP) is 0.121. The lowest BCUT2D eigenvalue weighted by atomic mass is 9.87. The van der Waals surface area contributed by atoms with Gasteiger partial charge >= 0.3 is 12.1 Å². The summed E-state index contributed by atoms with van der Waals surface area (Å²) in [6, 6.07) is -0.387. The third-order valence-electron chi connectivity index (χ3n) is 3.68. The van der Waals surface area contributed by atoms with Gasteiger partial charge in [0.2, 0.25) is 0 Å². The van der Waals surface area contributed by atoms with E-state index in [1.54, 1.807) is 4.90 Å². The molecule has 0 unspecified atom stereocenters. The van der Waals surface area contributed by atoms with Gasteiger partial charge in [-0.25, -0.2) is 9.59 Å². The molecule has 106 valence electrons. The Kier molecular flexibility index (Phi) is 3.38. The molecule has 19 heavy (non-hydrogen) atoms. The molecule has 0 aromatic heterocycles. The summed E-state index contributed by atoms with van der Waals surface area (Å²) in [5, 5.41) is 5.57. The van der Waals surface area contributed by atoms with E-state index in [-0.39, 0.29) is 24.0 Å². The molecule has 2 aliphatic rings. The van der Waals surface area contributed by atoms with Crippen LogP contribution in [0.25, 0.3) is 0 Å². The van der Waals surface area contributed by atoms with E-state index in [2.05, 4.69) is 10.6 Å². The zero-order chi connectivity index (χ0) is 14.2. The molecule has 2 aliphatic heterocycles. The molecular formula is C12H20N4O3. The summed E-state index contributed by atoms with van der Waals surface area (Å²) in [7, 11) is 1.48. The van der Waals surface area contributed by atoms with Crippen LogP contribution in [0, 0.1) is 0 Å². The van der Waals surface area contributed by atoms with Crippen molar-refractivity contribution in [2.75, 3.05) is 20.1 Å². The monoisotopic (exact) mass is 268 g/mol.